The number of rotatable bonds is 3. The van der Waals surface area contributed by atoms with Gasteiger partial charge in [-0.1, -0.05) is 13.8 Å². The Morgan fingerprint density at radius 2 is 2.43 bits per heavy atom. The van der Waals surface area contributed by atoms with E-state index < -0.39 is 0 Å². The van der Waals surface area contributed by atoms with Gasteiger partial charge in [0.2, 0.25) is 0 Å². The summed E-state index contributed by atoms with van der Waals surface area (Å²) in [6.45, 7) is 4.42. The zero-order chi connectivity index (χ0) is 10.1. The summed E-state index contributed by atoms with van der Waals surface area (Å²) < 4.78 is 2.28. The van der Waals surface area contributed by atoms with Crippen molar-refractivity contribution in [2.75, 3.05) is 0 Å². The van der Waals surface area contributed by atoms with Crippen LogP contribution in [-0.2, 0) is 0 Å². The van der Waals surface area contributed by atoms with E-state index in [9.17, 15) is 0 Å². The molecule has 78 valence electrons. The van der Waals surface area contributed by atoms with Gasteiger partial charge in [0.1, 0.15) is 0 Å². The van der Waals surface area contributed by atoms with Crippen molar-refractivity contribution in [1.29, 1.82) is 0 Å². The van der Waals surface area contributed by atoms with E-state index in [-0.39, 0.29) is 6.04 Å². The van der Waals surface area contributed by atoms with Gasteiger partial charge in [-0.05, 0) is 25.2 Å². The van der Waals surface area contributed by atoms with Crippen molar-refractivity contribution >= 4 is 0 Å². The van der Waals surface area contributed by atoms with Crippen LogP contribution in [0, 0.1) is 5.92 Å². The normalized spacial score (nSPS) is 28.5. The molecule has 1 fully saturated rings. The molecule has 2 N–H and O–H groups in total. The van der Waals surface area contributed by atoms with E-state index in [1.54, 1.807) is 0 Å². The third kappa shape index (κ3) is 1.46. The first-order valence-electron chi connectivity index (χ1n) is 5.51. The third-order valence-electron chi connectivity index (χ3n) is 3.45. The van der Waals surface area contributed by atoms with E-state index in [0.29, 0.717) is 6.04 Å². The minimum absolute atomic E-state index is 0.144. The predicted molar refractivity (Wildman–Crippen MR) is 56.9 cm³/mol. The maximum Gasteiger partial charge on any atom is 0.0951 e. The van der Waals surface area contributed by atoms with Gasteiger partial charge in [-0.15, -0.1) is 0 Å². The van der Waals surface area contributed by atoms with Gasteiger partial charge in [-0.25, -0.2) is 4.98 Å². The topological polar surface area (TPSA) is 43.8 Å². The average molecular weight is 193 g/mol. The van der Waals surface area contributed by atoms with Crippen LogP contribution in [0.5, 0.6) is 0 Å². The zero-order valence-corrected chi connectivity index (χ0v) is 8.98. The quantitative estimate of drug-likeness (QED) is 0.800. The van der Waals surface area contributed by atoms with Gasteiger partial charge < -0.3 is 10.3 Å². The monoisotopic (exact) mass is 193 g/mol. The summed E-state index contributed by atoms with van der Waals surface area (Å²) in [6.07, 6.45) is 7.45. The zero-order valence-electron chi connectivity index (χ0n) is 8.98. The second kappa shape index (κ2) is 3.73. The Morgan fingerprint density at radius 3 is 2.93 bits per heavy atom. The van der Waals surface area contributed by atoms with Crippen molar-refractivity contribution in [2.45, 2.75) is 45.2 Å². The molecule has 1 saturated carbocycles. The highest BCUT2D eigenvalue weighted by Gasteiger charge is 2.30. The lowest BCUT2D eigenvalue weighted by Gasteiger charge is -2.36. The average Bonchev–Trinajstić information content (AvgIpc) is 2.63. The SMILES string of the molecule is CC[C@@H](N)c1cncn1C1CCC1C. The second-order valence-electron chi connectivity index (χ2n) is 4.36. The van der Waals surface area contributed by atoms with Crippen molar-refractivity contribution in [1.82, 2.24) is 9.55 Å². The van der Waals surface area contributed by atoms with Crippen LogP contribution in [0.15, 0.2) is 12.5 Å². The third-order valence-corrected chi connectivity index (χ3v) is 3.45. The Morgan fingerprint density at radius 1 is 1.64 bits per heavy atom. The molecule has 3 nitrogen and oxygen atoms in total. The summed E-state index contributed by atoms with van der Waals surface area (Å²) >= 11 is 0. The Kier molecular flexibility index (Phi) is 2.59. The van der Waals surface area contributed by atoms with Gasteiger partial charge in [-0.2, -0.15) is 0 Å². The number of nitrogens with two attached hydrogens (primary N) is 1. The second-order valence-corrected chi connectivity index (χ2v) is 4.36. The van der Waals surface area contributed by atoms with Crippen molar-refractivity contribution in [3.63, 3.8) is 0 Å². The Balaban J connectivity index is 2.21. The molecule has 1 aromatic rings. The van der Waals surface area contributed by atoms with Crippen LogP contribution in [0.25, 0.3) is 0 Å². The molecule has 0 amide bonds. The van der Waals surface area contributed by atoms with E-state index in [4.69, 9.17) is 5.73 Å². The molecule has 0 bridgehead atoms. The fraction of sp³-hybridized carbons (Fsp3) is 0.727. The van der Waals surface area contributed by atoms with Crippen molar-refractivity contribution in [3.05, 3.63) is 18.2 Å². The molecule has 0 saturated heterocycles. The van der Waals surface area contributed by atoms with E-state index in [0.717, 1.165) is 12.3 Å². The Bertz CT molecular complexity index is 305. The molecular formula is C11H19N3. The smallest absolute Gasteiger partial charge is 0.0951 e. The lowest BCUT2D eigenvalue weighted by molar-refractivity contribution is 0.195. The number of hydrogen-bond acceptors (Lipinski definition) is 2. The van der Waals surface area contributed by atoms with Gasteiger partial charge in [-0.3, -0.25) is 0 Å². The highest BCUT2D eigenvalue weighted by Crippen LogP contribution is 2.39. The molecule has 1 aliphatic rings. The van der Waals surface area contributed by atoms with Crippen LogP contribution in [0.1, 0.15) is 50.9 Å². The molecule has 14 heavy (non-hydrogen) atoms. The summed E-state index contributed by atoms with van der Waals surface area (Å²) in [4.78, 5) is 4.21. The van der Waals surface area contributed by atoms with E-state index in [1.807, 2.05) is 12.5 Å². The van der Waals surface area contributed by atoms with Gasteiger partial charge in [0.15, 0.2) is 0 Å². The lowest BCUT2D eigenvalue weighted by atomic mass is 9.81. The number of hydrogen-bond donors (Lipinski definition) is 1. The summed E-state index contributed by atoms with van der Waals surface area (Å²) in [5.41, 5.74) is 7.24. The maximum atomic E-state index is 6.04. The van der Waals surface area contributed by atoms with Crippen molar-refractivity contribution in [3.8, 4) is 0 Å². The molecule has 0 aromatic carbocycles. The van der Waals surface area contributed by atoms with Crippen LogP contribution in [0.2, 0.25) is 0 Å². The van der Waals surface area contributed by atoms with Crippen LogP contribution < -0.4 is 5.73 Å². The molecule has 2 rings (SSSR count). The minimum Gasteiger partial charge on any atom is -0.330 e. The molecule has 3 atom stereocenters. The molecular weight excluding hydrogens is 174 g/mol. The molecule has 1 heterocycles. The molecule has 3 heteroatoms. The molecule has 1 aliphatic carbocycles. The number of imidazole rings is 1. The van der Waals surface area contributed by atoms with Crippen LogP contribution in [0.4, 0.5) is 0 Å². The highest BCUT2D eigenvalue weighted by atomic mass is 15.1. The summed E-state index contributed by atoms with van der Waals surface area (Å²) in [5, 5.41) is 0. The highest BCUT2D eigenvalue weighted by molar-refractivity contribution is 5.07. The number of nitrogens with zero attached hydrogens (tertiary/aromatic N) is 2. The van der Waals surface area contributed by atoms with E-state index >= 15 is 0 Å². The molecule has 0 aliphatic heterocycles. The first-order chi connectivity index (χ1) is 6.74. The molecule has 0 radical (unpaired) electrons. The predicted octanol–water partition coefficient (Wildman–Crippen LogP) is 2.26. The Hall–Kier alpha value is -0.830. The van der Waals surface area contributed by atoms with Gasteiger partial charge in [0.25, 0.3) is 0 Å². The maximum absolute atomic E-state index is 6.04. The van der Waals surface area contributed by atoms with Gasteiger partial charge in [0, 0.05) is 18.3 Å². The van der Waals surface area contributed by atoms with Gasteiger partial charge in [0.05, 0.1) is 12.0 Å². The minimum atomic E-state index is 0.144. The van der Waals surface area contributed by atoms with Gasteiger partial charge >= 0.3 is 0 Å². The standard InChI is InChI=1S/C11H19N3/c1-3-9(12)11-6-13-7-14(11)10-5-4-8(10)2/h6-10H,3-5,12H2,1-2H3/t8?,9-,10?/m1/s1. The van der Waals surface area contributed by atoms with E-state index in [1.165, 1.54) is 18.5 Å². The lowest BCUT2D eigenvalue weighted by Crippen LogP contribution is -2.29. The van der Waals surface area contributed by atoms with Crippen LogP contribution in [0.3, 0.4) is 0 Å². The summed E-state index contributed by atoms with van der Waals surface area (Å²) in [5.74, 6) is 0.784. The first-order valence-corrected chi connectivity index (χ1v) is 5.51. The summed E-state index contributed by atoms with van der Waals surface area (Å²) in [6, 6.07) is 0.787. The van der Waals surface area contributed by atoms with Crippen molar-refractivity contribution < 1.29 is 0 Å². The fourth-order valence-corrected chi connectivity index (χ4v) is 2.15. The first kappa shape index (κ1) is 9.71. The number of aromatic nitrogens is 2. The van der Waals surface area contributed by atoms with E-state index in [2.05, 4.69) is 23.4 Å². The fourth-order valence-electron chi connectivity index (χ4n) is 2.15. The van der Waals surface area contributed by atoms with Crippen molar-refractivity contribution in [2.24, 2.45) is 11.7 Å². The van der Waals surface area contributed by atoms with Crippen LogP contribution in [-0.4, -0.2) is 9.55 Å². The molecule has 1 aromatic heterocycles. The molecule has 2 unspecified atom stereocenters. The molecule has 0 spiro atoms. The Labute approximate surface area is 85.3 Å². The largest absolute Gasteiger partial charge is 0.330 e. The van der Waals surface area contributed by atoms with Crippen LogP contribution >= 0.6 is 0 Å². The summed E-state index contributed by atoms with van der Waals surface area (Å²) in [7, 11) is 0.